The molecule has 0 aliphatic carbocycles. The molecule has 0 aliphatic rings. The Morgan fingerprint density at radius 3 is 2.46 bits per heavy atom. The number of carbonyl (C=O) groups is 2. The molecular weight excluding hydrogens is 352 g/mol. The van der Waals surface area contributed by atoms with Gasteiger partial charge in [0, 0.05) is 19.0 Å². The molecule has 0 fully saturated rings. The van der Waals surface area contributed by atoms with E-state index in [1.165, 1.54) is 6.26 Å². The molecule has 2 heterocycles. The van der Waals surface area contributed by atoms with E-state index in [1.807, 2.05) is 50.4 Å². The fraction of sp³-hybridized carbons (Fsp3) is 0.174. The lowest BCUT2D eigenvalue weighted by Crippen LogP contribution is -2.19. The van der Waals surface area contributed by atoms with Crippen molar-refractivity contribution in [3.63, 3.8) is 0 Å². The average Bonchev–Trinajstić information content (AvgIpc) is 3.35. The SMILES string of the molecule is Cc1ccc(C(=O)C(CC(=O)c2nc3ccccc3n2C)c2ccco2)cc1. The minimum absolute atomic E-state index is 0.00259. The molecule has 4 rings (SSSR count). The molecular formula is C23H20N2O3. The number of Topliss-reactive ketones (excluding diaryl/α,β-unsaturated/α-hetero) is 2. The van der Waals surface area contributed by atoms with Crippen LogP contribution in [0.15, 0.2) is 71.3 Å². The Morgan fingerprint density at radius 1 is 1.04 bits per heavy atom. The van der Waals surface area contributed by atoms with Crippen molar-refractivity contribution in [3.05, 3.63) is 89.6 Å². The van der Waals surface area contributed by atoms with Crippen LogP contribution in [-0.4, -0.2) is 21.1 Å². The number of hydrogen-bond acceptors (Lipinski definition) is 4. The van der Waals surface area contributed by atoms with E-state index < -0.39 is 5.92 Å². The molecule has 4 aromatic rings. The van der Waals surface area contributed by atoms with Crippen molar-refractivity contribution in [1.29, 1.82) is 0 Å². The molecule has 2 aromatic heterocycles. The van der Waals surface area contributed by atoms with Crippen molar-refractivity contribution in [2.75, 3.05) is 0 Å². The van der Waals surface area contributed by atoms with E-state index in [-0.39, 0.29) is 18.0 Å². The standard InChI is InChI=1S/C23H20N2O3/c1-15-9-11-16(12-10-15)22(27)17(21-8-5-13-28-21)14-20(26)23-24-18-6-3-4-7-19(18)25(23)2/h3-13,17H,14H2,1-2H3. The second-order valence-electron chi connectivity index (χ2n) is 6.91. The number of nitrogens with zero attached hydrogens (tertiary/aromatic N) is 2. The number of rotatable bonds is 6. The highest BCUT2D eigenvalue weighted by molar-refractivity contribution is 6.05. The highest BCUT2D eigenvalue weighted by Gasteiger charge is 2.29. The van der Waals surface area contributed by atoms with Gasteiger partial charge in [-0.2, -0.15) is 0 Å². The van der Waals surface area contributed by atoms with Gasteiger partial charge in [-0.25, -0.2) is 4.98 Å². The Hall–Kier alpha value is -3.47. The molecule has 0 bridgehead atoms. The molecule has 28 heavy (non-hydrogen) atoms. The second kappa shape index (κ2) is 7.27. The third kappa shape index (κ3) is 3.27. The number of aromatic nitrogens is 2. The van der Waals surface area contributed by atoms with Gasteiger partial charge >= 0.3 is 0 Å². The third-order valence-electron chi connectivity index (χ3n) is 4.97. The normalized spacial score (nSPS) is 12.2. The van der Waals surface area contributed by atoms with Crippen LogP contribution in [0.5, 0.6) is 0 Å². The zero-order valence-corrected chi connectivity index (χ0v) is 15.8. The molecule has 1 unspecified atom stereocenters. The highest BCUT2D eigenvalue weighted by Crippen LogP contribution is 2.27. The van der Waals surface area contributed by atoms with E-state index >= 15 is 0 Å². The number of fused-ring (bicyclic) bond motifs is 1. The summed E-state index contributed by atoms with van der Waals surface area (Å²) in [5, 5.41) is 0. The van der Waals surface area contributed by atoms with E-state index in [0.717, 1.165) is 16.6 Å². The molecule has 0 radical (unpaired) electrons. The molecule has 5 heteroatoms. The zero-order valence-electron chi connectivity index (χ0n) is 15.8. The van der Waals surface area contributed by atoms with Gasteiger partial charge in [-0.15, -0.1) is 0 Å². The average molecular weight is 372 g/mol. The number of para-hydroxylation sites is 2. The van der Waals surface area contributed by atoms with Crippen LogP contribution in [0.4, 0.5) is 0 Å². The number of ketones is 2. The minimum Gasteiger partial charge on any atom is -0.469 e. The lowest BCUT2D eigenvalue weighted by Gasteiger charge is -2.13. The van der Waals surface area contributed by atoms with E-state index in [0.29, 0.717) is 17.1 Å². The minimum atomic E-state index is -0.690. The quantitative estimate of drug-likeness (QED) is 0.460. The number of carbonyl (C=O) groups excluding carboxylic acids is 2. The predicted octanol–water partition coefficient (Wildman–Crippen LogP) is 4.71. The smallest absolute Gasteiger partial charge is 0.199 e. The van der Waals surface area contributed by atoms with E-state index in [9.17, 15) is 9.59 Å². The van der Waals surface area contributed by atoms with Crippen LogP contribution in [0.3, 0.4) is 0 Å². The number of imidazole rings is 1. The first-order chi connectivity index (χ1) is 13.5. The van der Waals surface area contributed by atoms with Crippen LogP contribution < -0.4 is 0 Å². The van der Waals surface area contributed by atoms with Crippen molar-refractivity contribution < 1.29 is 14.0 Å². The van der Waals surface area contributed by atoms with Gasteiger partial charge in [0.25, 0.3) is 0 Å². The van der Waals surface area contributed by atoms with Crippen molar-refractivity contribution in [2.45, 2.75) is 19.3 Å². The summed E-state index contributed by atoms with van der Waals surface area (Å²) < 4.78 is 7.26. The van der Waals surface area contributed by atoms with E-state index in [4.69, 9.17) is 4.42 Å². The lowest BCUT2D eigenvalue weighted by atomic mass is 9.90. The molecule has 0 aliphatic heterocycles. The Balaban J connectivity index is 1.67. The molecule has 1 atom stereocenters. The van der Waals surface area contributed by atoms with Gasteiger partial charge in [0.1, 0.15) is 5.76 Å². The lowest BCUT2D eigenvalue weighted by molar-refractivity contribution is 0.0877. The first-order valence-corrected chi connectivity index (χ1v) is 9.13. The first-order valence-electron chi connectivity index (χ1n) is 9.13. The topological polar surface area (TPSA) is 65.1 Å². The maximum atomic E-state index is 13.1. The van der Waals surface area contributed by atoms with Gasteiger partial charge in [0.2, 0.25) is 0 Å². The highest BCUT2D eigenvalue weighted by atomic mass is 16.3. The Kier molecular flexibility index (Phi) is 4.65. The number of aryl methyl sites for hydroxylation is 2. The molecule has 0 N–H and O–H groups in total. The fourth-order valence-corrected chi connectivity index (χ4v) is 3.40. The van der Waals surface area contributed by atoms with Crippen LogP contribution in [-0.2, 0) is 7.05 Å². The van der Waals surface area contributed by atoms with Crippen LogP contribution in [0.1, 0.15) is 44.6 Å². The maximum absolute atomic E-state index is 13.1. The summed E-state index contributed by atoms with van der Waals surface area (Å²) >= 11 is 0. The molecule has 0 amide bonds. The summed E-state index contributed by atoms with van der Waals surface area (Å²) in [4.78, 5) is 30.7. The van der Waals surface area contributed by atoms with Crippen molar-refractivity contribution in [3.8, 4) is 0 Å². The molecule has 0 spiro atoms. The van der Waals surface area contributed by atoms with Crippen LogP contribution in [0.2, 0.25) is 0 Å². The molecule has 5 nitrogen and oxygen atoms in total. The van der Waals surface area contributed by atoms with Crippen molar-refractivity contribution in [1.82, 2.24) is 9.55 Å². The summed E-state index contributed by atoms with van der Waals surface area (Å²) in [5.41, 5.74) is 3.27. The number of benzene rings is 2. The second-order valence-corrected chi connectivity index (χ2v) is 6.91. The summed E-state index contributed by atoms with van der Waals surface area (Å²) in [6.07, 6.45) is 1.52. The summed E-state index contributed by atoms with van der Waals surface area (Å²) in [6, 6.07) is 18.4. The summed E-state index contributed by atoms with van der Waals surface area (Å²) in [5.74, 6) is -0.195. The van der Waals surface area contributed by atoms with Crippen molar-refractivity contribution >= 4 is 22.6 Å². The van der Waals surface area contributed by atoms with Crippen LogP contribution in [0, 0.1) is 6.92 Å². The predicted molar refractivity (Wildman–Crippen MR) is 107 cm³/mol. The van der Waals surface area contributed by atoms with Gasteiger partial charge in [0.05, 0.1) is 23.2 Å². The molecule has 140 valence electrons. The molecule has 0 saturated heterocycles. The monoisotopic (exact) mass is 372 g/mol. The number of hydrogen-bond donors (Lipinski definition) is 0. The third-order valence-corrected chi connectivity index (χ3v) is 4.97. The summed E-state index contributed by atoms with van der Waals surface area (Å²) in [6.45, 7) is 1.97. The van der Waals surface area contributed by atoms with Gasteiger partial charge in [-0.3, -0.25) is 9.59 Å². The summed E-state index contributed by atoms with van der Waals surface area (Å²) in [7, 11) is 1.81. The largest absolute Gasteiger partial charge is 0.469 e. The zero-order chi connectivity index (χ0) is 19.7. The van der Waals surface area contributed by atoms with Crippen LogP contribution >= 0.6 is 0 Å². The van der Waals surface area contributed by atoms with Gasteiger partial charge in [0.15, 0.2) is 17.4 Å². The van der Waals surface area contributed by atoms with Crippen LogP contribution in [0.25, 0.3) is 11.0 Å². The van der Waals surface area contributed by atoms with Gasteiger partial charge in [-0.1, -0.05) is 42.0 Å². The van der Waals surface area contributed by atoms with E-state index in [1.54, 1.807) is 28.8 Å². The Morgan fingerprint density at radius 2 is 1.79 bits per heavy atom. The van der Waals surface area contributed by atoms with Gasteiger partial charge < -0.3 is 8.98 Å². The maximum Gasteiger partial charge on any atom is 0.199 e. The molecule has 0 saturated carbocycles. The Bertz CT molecular complexity index is 1140. The number of furan rings is 1. The van der Waals surface area contributed by atoms with E-state index in [2.05, 4.69) is 4.98 Å². The first kappa shape index (κ1) is 17.9. The Labute approximate surface area is 162 Å². The van der Waals surface area contributed by atoms with Crippen molar-refractivity contribution in [2.24, 2.45) is 7.05 Å². The van der Waals surface area contributed by atoms with Gasteiger partial charge in [-0.05, 0) is 31.2 Å². The molecule has 2 aromatic carbocycles. The fourth-order valence-electron chi connectivity index (χ4n) is 3.40.